The fraction of sp³-hybridized carbons (Fsp3) is 0.583. The lowest BCUT2D eigenvalue weighted by atomic mass is 10.1. The van der Waals surface area contributed by atoms with Crippen LogP contribution in [0.5, 0.6) is 0 Å². The first-order valence-corrected chi connectivity index (χ1v) is 7.88. The first kappa shape index (κ1) is 16.7. The molecule has 1 amide bonds. The number of nitrogens with zero attached hydrogens (tertiary/aromatic N) is 1. The number of aromatic nitrogens is 1. The van der Waals surface area contributed by atoms with Gasteiger partial charge < -0.3 is 15.0 Å². The van der Waals surface area contributed by atoms with Crippen molar-refractivity contribution in [2.24, 2.45) is 18.1 Å². The van der Waals surface area contributed by atoms with Crippen LogP contribution in [-0.2, 0) is 17.1 Å². The molecule has 0 aliphatic heterocycles. The molecule has 20 heavy (non-hydrogen) atoms. The van der Waals surface area contributed by atoms with Gasteiger partial charge in [0.15, 0.2) is 0 Å². The number of nitrogens with one attached hydrogen (secondary N) is 1. The van der Waals surface area contributed by atoms with Gasteiger partial charge in [-0.15, -0.1) is 0 Å². The van der Waals surface area contributed by atoms with Gasteiger partial charge in [0.1, 0.15) is 10.6 Å². The van der Waals surface area contributed by atoms with Gasteiger partial charge in [-0.1, -0.05) is 6.92 Å². The minimum Gasteiger partial charge on any atom is -0.396 e. The summed E-state index contributed by atoms with van der Waals surface area (Å²) in [6, 6.07) is 1.25. The van der Waals surface area contributed by atoms with E-state index in [2.05, 4.69) is 5.32 Å². The molecular weight excluding hydrogens is 282 g/mol. The highest BCUT2D eigenvalue weighted by Gasteiger charge is 2.17. The summed E-state index contributed by atoms with van der Waals surface area (Å²) in [5, 5.41) is 16.6. The van der Waals surface area contributed by atoms with Crippen LogP contribution >= 0.6 is 0 Å². The summed E-state index contributed by atoms with van der Waals surface area (Å²) in [6.45, 7) is 2.53. The maximum absolute atomic E-state index is 11.9. The number of nitrogens with two attached hydrogens (primary N) is 1. The van der Waals surface area contributed by atoms with Crippen molar-refractivity contribution in [2.75, 3.05) is 13.2 Å². The quantitative estimate of drug-likeness (QED) is 0.606. The molecule has 4 N–H and O–H groups in total. The van der Waals surface area contributed by atoms with Crippen molar-refractivity contribution in [1.82, 2.24) is 9.88 Å². The number of amides is 1. The second-order valence-electron chi connectivity index (χ2n) is 4.90. The molecule has 0 aromatic carbocycles. The third kappa shape index (κ3) is 4.62. The van der Waals surface area contributed by atoms with Crippen LogP contribution in [0, 0.1) is 5.92 Å². The molecule has 0 spiro atoms. The number of aliphatic hydroxyl groups is 1. The molecule has 114 valence electrons. The molecule has 1 aromatic heterocycles. The third-order valence-electron chi connectivity index (χ3n) is 3.01. The Hall–Kier alpha value is -1.38. The zero-order chi connectivity index (χ0) is 15.3. The molecule has 0 radical (unpaired) electrons. The maximum Gasteiger partial charge on any atom is 0.267 e. The number of aryl methyl sites for hydroxylation is 1. The summed E-state index contributed by atoms with van der Waals surface area (Å²) >= 11 is 0. The average molecular weight is 303 g/mol. The molecule has 7 nitrogen and oxygen atoms in total. The molecular formula is C12H21N3O4S. The first-order valence-electron chi connectivity index (χ1n) is 6.34. The van der Waals surface area contributed by atoms with Crippen LogP contribution in [0.25, 0.3) is 0 Å². The van der Waals surface area contributed by atoms with E-state index >= 15 is 0 Å². The van der Waals surface area contributed by atoms with Crippen molar-refractivity contribution >= 4 is 15.9 Å². The van der Waals surface area contributed by atoms with Crippen LogP contribution in [0.2, 0.25) is 0 Å². The van der Waals surface area contributed by atoms with Crippen molar-refractivity contribution in [3.63, 3.8) is 0 Å². The molecule has 8 heteroatoms. The third-order valence-corrected chi connectivity index (χ3v) is 3.89. The number of rotatable bonds is 7. The van der Waals surface area contributed by atoms with E-state index in [1.165, 1.54) is 16.8 Å². The number of sulfonamides is 1. The van der Waals surface area contributed by atoms with Crippen molar-refractivity contribution in [2.45, 2.75) is 24.7 Å². The Morgan fingerprint density at radius 1 is 1.55 bits per heavy atom. The Morgan fingerprint density at radius 3 is 2.70 bits per heavy atom. The van der Waals surface area contributed by atoms with E-state index in [0.29, 0.717) is 6.54 Å². The SMILES string of the molecule is CC(CO)CCCNC(=O)c1cc(S(N)(=O)=O)cn1C. The van der Waals surface area contributed by atoms with E-state index in [1.54, 1.807) is 7.05 Å². The lowest BCUT2D eigenvalue weighted by molar-refractivity contribution is 0.0944. The van der Waals surface area contributed by atoms with Gasteiger partial charge in [0.05, 0.1) is 0 Å². The van der Waals surface area contributed by atoms with Crippen molar-refractivity contribution < 1.29 is 18.3 Å². The number of carbonyl (C=O) groups is 1. The largest absolute Gasteiger partial charge is 0.396 e. The van der Waals surface area contributed by atoms with Crippen LogP contribution < -0.4 is 10.5 Å². The summed E-state index contributed by atoms with van der Waals surface area (Å²) < 4.78 is 23.8. The average Bonchev–Trinajstić information content (AvgIpc) is 2.76. The van der Waals surface area contributed by atoms with E-state index in [9.17, 15) is 13.2 Å². The molecule has 0 fully saturated rings. The number of carbonyl (C=O) groups excluding carboxylic acids is 1. The lowest BCUT2D eigenvalue weighted by Crippen LogP contribution is -2.26. The number of hydrogen-bond donors (Lipinski definition) is 3. The molecule has 1 atom stereocenters. The van der Waals surface area contributed by atoms with E-state index in [-0.39, 0.29) is 29.0 Å². The minimum atomic E-state index is -3.81. The van der Waals surface area contributed by atoms with Crippen LogP contribution in [-0.4, -0.2) is 37.2 Å². The Labute approximate surface area is 118 Å². The number of hydrogen-bond acceptors (Lipinski definition) is 4. The molecule has 0 saturated heterocycles. The van der Waals surface area contributed by atoms with Gasteiger partial charge in [0.2, 0.25) is 10.0 Å². The Kier molecular flexibility index (Phi) is 5.73. The predicted octanol–water partition coefficient (Wildman–Crippen LogP) is -0.189. The van der Waals surface area contributed by atoms with Gasteiger partial charge in [-0.3, -0.25) is 4.79 Å². The molecule has 1 aromatic rings. The minimum absolute atomic E-state index is 0.0842. The van der Waals surface area contributed by atoms with Gasteiger partial charge >= 0.3 is 0 Å². The summed E-state index contributed by atoms with van der Waals surface area (Å²) in [6.07, 6.45) is 2.87. The number of primary sulfonamides is 1. The second-order valence-corrected chi connectivity index (χ2v) is 6.46. The Bertz CT molecular complexity index is 565. The molecule has 1 heterocycles. The summed E-state index contributed by atoms with van der Waals surface area (Å²) in [5.74, 6) is -0.144. The summed E-state index contributed by atoms with van der Waals surface area (Å²) in [7, 11) is -2.23. The molecule has 0 aliphatic carbocycles. The standard InChI is InChI=1S/C12H21N3O4S/c1-9(8-16)4-3-5-14-12(17)11-6-10(7-15(11)2)20(13,18)19/h6-7,9,16H,3-5,8H2,1-2H3,(H,14,17)(H2,13,18,19). The van der Waals surface area contributed by atoms with Crippen LogP contribution in [0.4, 0.5) is 0 Å². The molecule has 1 unspecified atom stereocenters. The van der Waals surface area contributed by atoms with E-state index in [4.69, 9.17) is 10.2 Å². The summed E-state index contributed by atoms with van der Waals surface area (Å²) in [5.41, 5.74) is 0.240. The van der Waals surface area contributed by atoms with Gasteiger partial charge in [-0.25, -0.2) is 13.6 Å². The van der Waals surface area contributed by atoms with Crippen LogP contribution in [0.15, 0.2) is 17.2 Å². The molecule has 0 saturated carbocycles. The van der Waals surface area contributed by atoms with Gasteiger partial charge in [-0.2, -0.15) is 0 Å². The number of aliphatic hydroxyl groups excluding tert-OH is 1. The zero-order valence-corrected chi connectivity index (χ0v) is 12.5. The molecule has 1 rings (SSSR count). The zero-order valence-electron chi connectivity index (χ0n) is 11.7. The predicted molar refractivity (Wildman–Crippen MR) is 74.6 cm³/mol. The van der Waals surface area contributed by atoms with Gasteiger partial charge in [0, 0.05) is 26.4 Å². The topological polar surface area (TPSA) is 114 Å². The Morgan fingerprint density at radius 2 is 2.20 bits per heavy atom. The van der Waals surface area contributed by atoms with E-state index in [0.717, 1.165) is 12.8 Å². The maximum atomic E-state index is 11.9. The highest BCUT2D eigenvalue weighted by molar-refractivity contribution is 7.89. The van der Waals surface area contributed by atoms with Crippen LogP contribution in [0.1, 0.15) is 30.3 Å². The van der Waals surface area contributed by atoms with E-state index < -0.39 is 10.0 Å². The lowest BCUT2D eigenvalue weighted by Gasteiger charge is -2.08. The monoisotopic (exact) mass is 303 g/mol. The van der Waals surface area contributed by atoms with Gasteiger partial charge in [-0.05, 0) is 24.8 Å². The highest BCUT2D eigenvalue weighted by Crippen LogP contribution is 2.11. The molecule has 0 bridgehead atoms. The smallest absolute Gasteiger partial charge is 0.267 e. The van der Waals surface area contributed by atoms with Crippen molar-refractivity contribution in [1.29, 1.82) is 0 Å². The Balaban J connectivity index is 2.58. The highest BCUT2D eigenvalue weighted by atomic mass is 32.2. The van der Waals surface area contributed by atoms with Crippen molar-refractivity contribution in [3.8, 4) is 0 Å². The van der Waals surface area contributed by atoms with Crippen LogP contribution in [0.3, 0.4) is 0 Å². The first-order chi connectivity index (χ1) is 9.25. The fourth-order valence-corrected chi connectivity index (χ4v) is 2.33. The van der Waals surface area contributed by atoms with Crippen molar-refractivity contribution in [3.05, 3.63) is 18.0 Å². The van der Waals surface area contributed by atoms with Gasteiger partial charge in [0.25, 0.3) is 5.91 Å². The van der Waals surface area contributed by atoms with E-state index in [1.807, 2.05) is 6.92 Å². The fourth-order valence-electron chi connectivity index (χ4n) is 1.75. The molecule has 0 aliphatic rings. The second kappa shape index (κ2) is 6.87. The summed E-state index contributed by atoms with van der Waals surface area (Å²) in [4.78, 5) is 11.8. The normalized spacial score (nSPS) is 13.2.